The van der Waals surface area contributed by atoms with Crippen molar-refractivity contribution in [3.05, 3.63) is 0 Å². The van der Waals surface area contributed by atoms with Crippen molar-refractivity contribution in [2.75, 3.05) is 14.1 Å². The first-order valence-corrected chi connectivity index (χ1v) is 13.3. The van der Waals surface area contributed by atoms with Crippen molar-refractivity contribution in [3.8, 4) is 0 Å². The molecular formula is C12H30N4Si2. The van der Waals surface area contributed by atoms with Gasteiger partial charge in [0.05, 0.1) is 11.4 Å². The molecule has 18 heavy (non-hydrogen) atoms. The van der Waals surface area contributed by atoms with Crippen LogP contribution in [0.3, 0.4) is 0 Å². The van der Waals surface area contributed by atoms with Crippen LogP contribution in [0.2, 0.25) is 39.3 Å². The van der Waals surface area contributed by atoms with Gasteiger partial charge in [-0.15, -0.1) is 0 Å². The van der Waals surface area contributed by atoms with Gasteiger partial charge in [0.15, 0.2) is 16.5 Å². The van der Waals surface area contributed by atoms with Gasteiger partial charge in [-0.1, -0.05) is 39.3 Å². The van der Waals surface area contributed by atoms with Crippen LogP contribution in [0.25, 0.3) is 0 Å². The zero-order valence-electron chi connectivity index (χ0n) is 13.8. The predicted molar refractivity (Wildman–Crippen MR) is 88.4 cm³/mol. The minimum Gasteiger partial charge on any atom is -0.327 e. The second-order valence-electron chi connectivity index (χ2n) is 6.76. The molecule has 0 aromatic heterocycles. The summed E-state index contributed by atoms with van der Waals surface area (Å²) in [6.45, 7) is 17.8. The van der Waals surface area contributed by atoms with E-state index in [1.807, 2.05) is 13.8 Å². The Morgan fingerprint density at radius 3 is 1.06 bits per heavy atom. The van der Waals surface area contributed by atoms with E-state index in [9.17, 15) is 0 Å². The summed E-state index contributed by atoms with van der Waals surface area (Å²) in [5.41, 5.74) is 2.01. The highest BCUT2D eigenvalue weighted by molar-refractivity contribution is 6.73. The van der Waals surface area contributed by atoms with Crippen molar-refractivity contribution < 1.29 is 0 Å². The zero-order valence-corrected chi connectivity index (χ0v) is 15.8. The van der Waals surface area contributed by atoms with Gasteiger partial charge >= 0.3 is 0 Å². The summed E-state index contributed by atoms with van der Waals surface area (Å²) in [6, 6.07) is 0. The number of hydrogen-bond donors (Lipinski definition) is 0. The molecule has 0 saturated heterocycles. The Morgan fingerprint density at radius 1 is 0.667 bits per heavy atom. The standard InChI is InChI=1S/C12H30N4Si2/c1-11(13-15(3)17(5,6)7)12(2)14-16(4)18(8,9)10/h1-10H3/b13-11+,14-12+. The summed E-state index contributed by atoms with van der Waals surface area (Å²) in [4.78, 5) is 0. The normalized spacial score (nSPS) is 14.8. The summed E-state index contributed by atoms with van der Waals surface area (Å²) in [5.74, 6) is 0. The fourth-order valence-electron chi connectivity index (χ4n) is 0.895. The van der Waals surface area contributed by atoms with Crippen LogP contribution in [0.15, 0.2) is 10.2 Å². The molecule has 0 aliphatic carbocycles. The highest BCUT2D eigenvalue weighted by Crippen LogP contribution is 2.09. The fraction of sp³-hybridized carbons (Fsp3) is 0.833. The predicted octanol–water partition coefficient (Wildman–Crippen LogP) is 3.27. The molecule has 0 N–H and O–H groups in total. The number of nitrogens with zero attached hydrogens (tertiary/aromatic N) is 4. The first-order valence-electron chi connectivity index (χ1n) is 6.44. The Balaban J connectivity index is 4.95. The van der Waals surface area contributed by atoms with Gasteiger partial charge in [-0.2, -0.15) is 10.2 Å². The Morgan fingerprint density at radius 2 is 0.889 bits per heavy atom. The second-order valence-corrected chi connectivity index (χ2v) is 16.7. The third-order valence-electron chi connectivity index (χ3n) is 3.07. The van der Waals surface area contributed by atoms with Gasteiger partial charge in [0, 0.05) is 14.1 Å². The van der Waals surface area contributed by atoms with E-state index < -0.39 is 16.5 Å². The SMILES string of the molecule is CC(=N\N(C)[Si](C)(C)C)/C(C)=N/N(C)[Si](C)(C)C. The quantitative estimate of drug-likeness (QED) is 0.441. The molecule has 0 atom stereocenters. The van der Waals surface area contributed by atoms with E-state index in [-0.39, 0.29) is 0 Å². The minimum atomic E-state index is -1.36. The van der Waals surface area contributed by atoms with Gasteiger partial charge in [-0.25, -0.2) is 0 Å². The van der Waals surface area contributed by atoms with Crippen LogP contribution in [-0.4, -0.2) is 51.3 Å². The van der Waals surface area contributed by atoms with E-state index in [1.54, 1.807) is 0 Å². The molecule has 0 radical (unpaired) electrons. The van der Waals surface area contributed by atoms with Crippen LogP contribution < -0.4 is 0 Å². The van der Waals surface area contributed by atoms with Crippen molar-refractivity contribution in [3.63, 3.8) is 0 Å². The van der Waals surface area contributed by atoms with Gasteiger partial charge < -0.3 is 9.35 Å². The van der Waals surface area contributed by atoms with Crippen molar-refractivity contribution in [2.24, 2.45) is 10.2 Å². The molecule has 0 aliphatic heterocycles. The Labute approximate surface area is 115 Å². The van der Waals surface area contributed by atoms with Crippen molar-refractivity contribution in [2.45, 2.75) is 53.1 Å². The van der Waals surface area contributed by atoms with Crippen molar-refractivity contribution in [1.29, 1.82) is 0 Å². The molecule has 6 heteroatoms. The molecule has 0 spiro atoms. The Kier molecular flexibility index (Phi) is 5.80. The van der Waals surface area contributed by atoms with Gasteiger partial charge in [0.2, 0.25) is 0 Å². The van der Waals surface area contributed by atoms with Crippen LogP contribution in [0.5, 0.6) is 0 Å². The summed E-state index contributed by atoms with van der Waals surface area (Å²) in [7, 11) is 1.40. The molecule has 0 aromatic rings. The van der Waals surface area contributed by atoms with E-state index in [1.165, 1.54) is 0 Å². The topological polar surface area (TPSA) is 31.2 Å². The maximum absolute atomic E-state index is 4.65. The van der Waals surface area contributed by atoms with Crippen LogP contribution in [-0.2, 0) is 0 Å². The lowest BCUT2D eigenvalue weighted by molar-refractivity contribution is 0.543. The third kappa shape index (κ3) is 5.81. The maximum atomic E-state index is 4.65. The third-order valence-corrected chi connectivity index (χ3v) is 7.15. The minimum absolute atomic E-state index is 1.00. The van der Waals surface area contributed by atoms with Crippen LogP contribution in [0, 0.1) is 0 Å². The smallest absolute Gasteiger partial charge is 0.168 e. The largest absolute Gasteiger partial charge is 0.327 e. The van der Waals surface area contributed by atoms with Crippen LogP contribution in [0.1, 0.15) is 13.8 Å². The van der Waals surface area contributed by atoms with Crippen LogP contribution >= 0.6 is 0 Å². The molecule has 0 amide bonds. The van der Waals surface area contributed by atoms with Crippen molar-refractivity contribution >= 4 is 27.9 Å². The van der Waals surface area contributed by atoms with E-state index in [0.717, 1.165) is 11.4 Å². The van der Waals surface area contributed by atoms with E-state index in [0.29, 0.717) is 0 Å². The van der Waals surface area contributed by atoms with Crippen LogP contribution in [0.4, 0.5) is 0 Å². The molecule has 4 nitrogen and oxygen atoms in total. The van der Waals surface area contributed by atoms with E-state index >= 15 is 0 Å². The molecule has 0 unspecified atom stereocenters. The Bertz CT molecular complexity index is 303. The number of rotatable bonds is 5. The summed E-state index contributed by atoms with van der Waals surface area (Å²) in [5, 5.41) is 9.31. The lowest BCUT2D eigenvalue weighted by atomic mass is 10.3. The maximum Gasteiger partial charge on any atom is 0.168 e. The lowest BCUT2D eigenvalue weighted by Gasteiger charge is -2.29. The first-order chi connectivity index (χ1) is 7.85. The summed E-state index contributed by atoms with van der Waals surface area (Å²) >= 11 is 0. The zero-order chi connectivity index (χ0) is 14.7. The summed E-state index contributed by atoms with van der Waals surface area (Å²) in [6.07, 6.45) is 0. The molecule has 0 aromatic carbocycles. The molecule has 0 bridgehead atoms. The lowest BCUT2D eigenvalue weighted by Crippen LogP contribution is -2.41. The van der Waals surface area contributed by atoms with Crippen molar-refractivity contribution in [1.82, 2.24) is 9.35 Å². The molecule has 0 rings (SSSR count). The van der Waals surface area contributed by atoms with Gasteiger partial charge in [0.1, 0.15) is 0 Å². The molecule has 0 fully saturated rings. The number of hydrogen-bond acceptors (Lipinski definition) is 4. The average molecular weight is 287 g/mol. The van der Waals surface area contributed by atoms with Gasteiger partial charge in [-0.05, 0) is 13.8 Å². The molecular weight excluding hydrogens is 256 g/mol. The highest BCUT2D eigenvalue weighted by Gasteiger charge is 2.21. The second kappa shape index (κ2) is 6.01. The Hall–Kier alpha value is -0.626. The highest BCUT2D eigenvalue weighted by atomic mass is 28.3. The fourth-order valence-corrected chi connectivity index (χ4v) is 1.79. The monoisotopic (exact) mass is 286 g/mol. The van der Waals surface area contributed by atoms with E-state index in [2.05, 4.69) is 72.9 Å². The number of hydrazone groups is 2. The first kappa shape index (κ1) is 17.4. The van der Waals surface area contributed by atoms with Gasteiger partial charge in [0.25, 0.3) is 0 Å². The average Bonchev–Trinajstić information content (AvgIpc) is 2.14. The van der Waals surface area contributed by atoms with Gasteiger partial charge in [-0.3, -0.25) is 0 Å². The molecule has 0 saturated carbocycles. The summed E-state index contributed by atoms with van der Waals surface area (Å²) < 4.78 is 4.24. The molecule has 106 valence electrons. The van der Waals surface area contributed by atoms with E-state index in [4.69, 9.17) is 0 Å². The molecule has 0 aliphatic rings. The molecule has 0 heterocycles.